The monoisotopic (exact) mass is 404 g/mol. The first kappa shape index (κ1) is 19.8. The molecule has 1 unspecified atom stereocenters. The fourth-order valence-electron chi connectivity index (χ4n) is 3.17. The number of thiophene rings is 1. The van der Waals surface area contributed by atoms with Crippen LogP contribution in [-0.2, 0) is 22.4 Å². The number of hydrogen-bond acceptors (Lipinski definition) is 6. The van der Waals surface area contributed by atoms with Crippen molar-refractivity contribution in [3.8, 4) is 0 Å². The molecule has 0 saturated heterocycles. The first-order chi connectivity index (χ1) is 13.0. The van der Waals surface area contributed by atoms with E-state index in [9.17, 15) is 9.59 Å². The molecule has 1 amide bonds. The van der Waals surface area contributed by atoms with Crippen molar-refractivity contribution in [1.82, 2.24) is 0 Å². The lowest BCUT2D eigenvalue weighted by Gasteiger charge is -2.12. The summed E-state index contributed by atoms with van der Waals surface area (Å²) in [6.45, 7) is 1.85. The minimum Gasteiger partial charge on any atom is -0.465 e. The van der Waals surface area contributed by atoms with E-state index in [1.165, 1.54) is 41.5 Å². The van der Waals surface area contributed by atoms with Crippen LogP contribution in [0, 0.1) is 0 Å². The van der Waals surface area contributed by atoms with E-state index in [1.54, 1.807) is 0 Å². The van der Waals surface area contributed by atoms with Crippen molar-refractivity contribution in [1.29, 1.82) is 0 Å². The summed E-state index contributed by atoms with van der Waals surface area (Å²) >= 11 is 2.97. The Hall–Kier alpha value is -1.99. The third-order valence-electron chi connectivity index (χ3n) is 4.61. The fourth-order valence-corrected chi connectivity index (χ4v) is 5.31. The molecular weight excluding hydrogens is 380 g/mol. The van der Waals surface area contributed by atoms with Crippen LogP contribution < -0.4 is 11.1 Å². The molecular formula is C20H24N2O3S2. The van der Waals surface area contributed by atoms with Crippen molar-refractivity contribution in [3.05, 3.63) is 40.3 Å². The zero-order valence-corrected chi connectivity index (χ0v) is 17.2. The number of nitrogens with two attached hydrogens (primary N) is 1. The number of rotatable bonds is 5. The molecule has 7 heteroatoms. The van der Waals surface area contributed by atoms with Gasteiger partial charge in [-0.15, -0.1) is 23.1 Å². The van der Waals surface area contributed by atoms with Gasteiger partial charge in [0.15, 0.2) is 0 Å². The average Bonchev–Trinajstić information content (AvgIpc) is 2.83. The third-order valence-corrected chi connectivity index (χ3v) is 6.93. The lowest BCUT2D eigenvalue weighted by Crippen LogP contribution is -2.23. The van der Waals surface area contributed by atoms with Gasteiger partial charge in [-0.25, -0.2) is 4.79 Å². The number of aryl methyl sites for hydroxylation is 1. The molecule has 3 rings (SSSR count). The fraction of sp³-hybridized carbons (Fsp3) is 0.400. The molecule has 0 fully saturated rings. The highest BCUT2D eigenvalue weighted by molar-refractivity contribution is 8.00. The summed E-state index contributed by atoms with van der Waals surface area (Å²) in [7, 11) is 1.38. The molecule has 144 valence electrons. The van der Waals surface area contributed by atoms with Crippen LogP contribution >= 0.6 is 23.1 Å². The summed E-state index contributed by atoms with van der Waals surface area (Å²) in [4.78, 5) is 27.3. The average molecular weight is 405 g/mol. The third kappa shape index (κ3) is 4.65. The van der Waals surface area contributed by atoms with Gasteiger partial charge in [-0.1, -0.05) is 6.42 Å². The number of amides is 1. The maximum absolute atomic E-state index is 12.7. The van der Waals surface area contributed by atoms with E-state index in [0.29, 0.717) is 16.3 Å². The topological polar surface area (TPSA) is 81.4 Å². The van der Waals surface area contributed by atoms with Gasteiger partial charge in [-0.3, -0.25) is 4.79 Å². The Balaban J connectivity index is 1.78. The lowest BCUT2D eigenvalue weighted by atomic mass is 10.1. The van der Waals surface area contributed by atoms with Gasteiger partial charge in [0.05, 0.1) is 17.9 Å². The van der Waals surface area contributed by atoms with Gasteiger partial charge >= 0.3 is 5.97 Å². The number of fused-ring (bicyclic) bond motifs is 1. The molecule has 0 bridgehead atoms. The first-order valence-electron chi connectivity index (χ1n) is 9.05. The van der Waals surface area contributed by atoms with Crippen molar-refractivity contribution in [2.24, 2.45) is 0 Å². The summed E-state index contributed by atoms with van der Waals surface area (Å²) < 4.78 is 4.99. The number of hydrogen-bond donors (Lipinski definition) is 2. The van der Waals surface area contributed by atoms with E-state index in [0.717, 1.165) is 36.1 Å². The van der Waals surface area contributed by atoms with Crippen LogP contribution in [0.15, 0.2) is 29.2 Å². The molecule has 1 aliphatic rings. The smallest absolute Gasteiger partial charge is 0.341 e. The van der Waals surface area contributed by atoms with E-state index in [1.807, 2.05) is 31.2 Å². The summed E-state index contributed by atoms with van der Waals surface area (Å²) in [5.41, 5.74) is 7.99. The van der Waals surface area contributed by atoms with Gasteiger partial charge in [-0.05, 0) is 62.4 Å². The maximum atomic E-state index is 12.7. The number of benzene rings is 1. The van der Waals surface area contributed by atoms with Crippen LogP contribution in [0.4, 0.5) is 10.7 Å². The van der Waals surface area contributed by atoms with Gasteiger partial charge in [0, 0.05) is 15.5 Å². The zero-order chi connectivity index (χ0) is 19.4. The molecule has 0 aliphatic heterocycles. The number of thioether (sulfide) groups is 1. The summed E-state index contributed by atoms with van der Waals surface area (Å²) in [5, 5.41) is 3.28. The number of nitrogen functional groups attached to an aromatic ring is 1. The standard InChI is InChI=1S/C20H24N2O3S2/c1-12(26-14-10-8-13(21)9-11-14)18(23)22-19-17(20(24)25-2)15-6-4-3-5-7-16(15)27-19/h8-12H,3-7,21H2,1-2H3,(H,22,23). The molecule has 1 aromatic heterocycles. The quantitative estimate of drug-likeness (QED) is 0.332. The Morgan fingerprint density at radius 2 is 1.89 bits per heavy atom. The van der Waals surface area contributed by atoms with Gasteiger partial charge in [0.2, 0.25) is 5.91 Å². The minimum atomic E-state index is -0.372. The minimum absolute atomic E-state index is 0.126. The Labute approximate surface area is 167 Å². The Morgan fingerprint density at radius 1 is 1.19 bits per heavy atom. The van der Waals surface area contributed by atoms with E-state index >= 15 is 0 Å². The Kier molecular flexibility index (Phi) is 6.44. The largest absolute Gasteiger partial charge is 0.465 e. The SMILES string of the molecule is COC(=O)c1c(NC(=O)C(C)Sc2ccc(N)cc2)sc2c1CCCCC2. The van der Waals surface area contributed by atoms with Crippen molar-refractivity contribution >= 4 is 45.7 Å². The summed E-state index contributed by atoms with van der Waals surface area (Å²) in [6, 6.07) is 7.44. The molecule has 1 aliphatic carbocycles. The van der Waals surface area contributed by atoms with E-state index < -0.39 is 0 Å². The Bertz CT molecular complexity index is 830. The highest BCUT2D eigenvalue weighted by Crippen LogP contribution is 2.38. The normalized spacial score (nSPS) is 14.7. The number of methoxy groups -OCH3 is 1. The van der Waals surface area contributed by atoms with Gasteiger partial charge in [0.1, 0.15) is 5.00 Å². The van der Waals surface area contributed by atoms with Crippen LogP contribution in [-0.4, -0.2) is 24.2 Å². The van der Waals surface area contributed by atoms with E-state index in [4.69, 9.17) is 10.5 Å². The first-order valence-corrected chi connectivity index (χ1v) is 10.7. The maximum Gasteiger partial charge on any atom is 0.341 e. The zero-order valence-electron chi connectivity index (χ0n) is 15.5. The van der Waals surface area contributed by atoms with Crippen LogP contribution in [0.1, 0.15) is 47.0 Å². The summed E-state index contributed by atoms with van der Waals surface area (Å²) in [6.07, 6.45) is 5.16. The number of esters is 1. The van der Waals surface area contributed by atoms with Crippen LogP contribution in [0.2, 0.25) is 0 Å². The second-order valence-corrected chi connectivity index (χ2v) is 9.10. The second-order valence-electron chi connectivity index (χ2n) is 6.58. The predicted octanol–water partition coefficient (Wildman–Crippen LogP) is 4.51. The highest BCUT2D eigenvalue weighted by atomic mass is 32.2. The van der Waals surface area contributed by atoms with Crippen LogP contribution in [0.5, 0.6) is 0 Å². The van der Waals surface area contributed by atoms with Crippen molar-refractivity contribution < 1.29 is 14.3 Å². The van der Waals surface area contributed by atoms with Crippen molar-refractivity contribution in [3.63, 3.8) is 0 Å². The number of anilines is 2. The number of carbonyl (C=O) groups is 2. The van der Waals surface area contributed by atoms with E-state index in [-0.39, 0.29) is 17.1 Å². The predicted molar refractivity (Wildman–Crippen MR) is 112 cm³/mol. The van der Waals surface area contributed by atoms with Crippen molar-refractivity contribution in [2.45, 2.75) is 49.2 Å². The van der Waals surface area contributed by atoms with Gasteiger partial charge in [-0.2, -0.15) is 0 Å². The number of ether oxygens (including phenoxy) is 1. The van der Waals surface area contributed by atoms with Crippen LogP contribution in [0.3, 0.4) is 0 Å². The highest BCUT2D eigenvalue weighted by Gasteiger charge is 2.27. The molecule has 0 radical (unpaired) electrons. The summed E-state index contributed by atoms with van der Waals surface area (Å²) in [5.74, 6) is -0.498. The molecule has 0 saturated carbocycles. The molecule has 1 heterocycles. The lowest BCUT2D eigenvalue weighted by molar-refractivity contribution is -0.115. The molecule has 1 atom stereocenters. The second kappa shape index (κ2) is 8.80. The molecule has 1 aromatic carbocycles. The van der Waals surface area contributed by atoms with Gasteiger partial charge in [0.25, 0.3) is 0 Å². The number of carbonyl (C=O) groups excluding carboxylic acids is 2. The molecule has 3 N–H and O–H groups in total. The Morgan fingerprint density at radius 3 is 2.59 bits per heavy atom. The molecule has 27 heavy (non-hydrogen) atoms. The number of nitrogens with one attached hydrogen (secondary N) is 1. The molecule has 0 spiro atoms. The molecule has 2 aromatic rings. The molecule has 5 nitrogen and oxygen atoms in total. The van der Waals surface area contributed by atoms with Crippen LogP contribution in [0.25, 0.3) is 0 Å². The van der Waals surface area contributed by atoms with Gasteiger partial charge < -0.3 is 15.8 Å². The van der Waals surface area contributed by atoms with E-state index in [2.05, 4.69) is 5.32 Å². The van der Waals surface area contributed by atoms with Crippen molar-refractivity contribution in [2.75, 3.05) is 18.2 Å².